The van der Waals surface area contributed by atoms with Crippen molar-refractivity contribution in [3.05, 3.63) is 24.5 Å². The molecule has 1 heterocycles. The van der Waals surface area contributed by atoms with Crippen molar-refractivity contribution in [2.24, 2.45) is 0 Å². The Kier molecular flexibility index (Phi) is 4.40. The molecule has 0 aliphatic rings. The number of urea groups is 1. The van der Waals surface area contributed by atoms with Crippen LogP contribution in [0.15, 0.2) is 24.5 Å². The molecule has 2 N–H and O–H groups in total. The molecule has 0 aliphatic carbocycles. The Hall–Kier alpha value is -1.78. The highest BCUT2D eigenvalue weighted by Gasteiger charge is 2.00. The SMILES string of the molecule is CN(C)C(=O)NCCNc1ccncc1. The lowest BCUT2D eigenvalue weighted by Crippen LogP contribution is -2.37. The third-order valence-electron chi connectivity index (χ3n) is 1.82. The molecule has 0 radical (unpaired) electrons. The Morgan fingerprint density at radius 2 is 2.00 bits per heavy atom. The van der Waals surface area contributed by atoms with E-state index in [1.165, 1.54) is 4.90 Å². The van der Waals surface area contributed by atoms with Crippen molar-refractivity contribution < 1.29 is 4.79 Å². The molecule has 1 aromatic heterocycles. The number of pyridine rings is 1. The summed E-state index contributed by atoms with van der Waals surface area (Å²) in [4.78, 5) is 16.5. The van der Waals surface area contributed by atoms with Gasteiger partial charge >= 0.3 is 6.03 Å². The van der Waals surface area contributed by atoms with E-state index in [0.29, 0.717) is 13.1 Å². The van der Waals surface area contributed by atoms with E-state index >= 15 is 0 Å². The van der Waals surface area contributed by atoms with Gasteiger partial charge in [0.15, 0.2) is 0 Å². The molecule has 0 saturated heterocycles. The summed E-state index contributed by atoms with van der Waals surface area (Å²) < 4.78 is 0. The van der Waals surface area contributed by atoms with Crippen LogP contribution in [0.2, 0.25) is 0 Å². The van der Waals surface area contributed by atoms with Crippen LogP contribution in [0.5, 0.6) is 0 Å². The minimum Gasteiger partial charge on any atom is -0.383 e. The largest absolute Gasteiger partial charge is 0.383 e. The zero-order valence-corrected chi connectivity index (χ0v) is 9.03. The molecule has 0 unspecified atom stereocenters. The third-order valence-corrected chi connectivity index (χ3v) is 1.82. The van der Waals surface area contributed by atoms with Crippen LogP contribution in [-0.2, 0) is 0 Å². The average molecular weight is 208 g/mol. The zero-order valence-electron chi connectivity index (χ0n) is 9.03. The van der Waals surface area contributed by atoms with Crippen LogP contribution in [0.4, 0.5) is 10.5 Å². The van der Waals surface area contributed by atoms with Gasteiger partial charge in [0.05, 0.1) is 0 Å². The summed E-state index contributed by atoms with van der Waals surface area (Å²) in [5.41, 5.74) is 1.00. The quantitative estimate of drug-likeness (QED) is 0.718. The molecule has 1 aromatic rings. The molecule has 82 valence electrons. The van der Waals surface area contributed by atoms with E-state index in [1.807, 2.05) is 12.1 Å². The van der Waals surface area contributed by atoms with Gasteiger partial charge < -0.3 is 15.5 Å². The Morgan fingerprint density at radius 3 is 2.60 bits per heavy atom. The number of hydrogen-bond donors (Lipinski definition) is 2. The molecule has 5 nitrogen and oxygen atoms in total. The number of nitrogens with zero attached hydrogens (tertiary/aromatic N) is 2. The molecule has 5 heteroatoms. The fourth-order valence-electron chi connectivity index (χ4n) is 1.00. The minimum absolute atomic E-state index is 0.0773. The molecule has 2 amide bonds. The van der Waals surface area contributed by atoms with Crippen molar-refractivity contribution in [2.75, 3.05) is 32.5 Å². The summed E-state index contributed by atoms with van der Waals surface area (Å²) in [5.74, 6) is 0. The van der Waals surface area contributed by atoms with Crippen molar-refractivity contribution in [1.82, 2.24) is 15.2 Å². The van der Waals surface area contributed by atoms with Crippen LogP contribution in [0.25, 0.3) is 0 Å². The highest BCUT2D eigenvalue weighted by Crippen LogP contribution is 2.01. The highest BCUT2D eigenvalue weighted by atomic mass is 16.2. The summed E-state index contributed by atoms with van der Waals surface area (Å²) in [5, 5.41) is 5.93. The van der Waals surface area contributed by atoms with Gasteiger partial charge in [-0.2, -0.15) is 0 Å². The van der Waals surface area contributed by atoms with E-state index in [-0.39, 0.29) is 6.03 Å². The lowest BCUT2D eigenvalue weighted by Gasteiger charge is -2.12. The first-order valence-corrected chi connectivity index (χ1v) is 4.79. The number of aromatic nitrogens is 1. The number of nitrogens with one attached hydrogen (secondary N) is 2. The second kappa shape index (κ2) is 5.85. The van der Waals surface area contributed by atoms with Gasteiger partial charge in [0.2, 0.25) is 0 Å². The van der Waals surface area contributed by atoms with Gasteiger partial charge in [-0.1, -0.05) is 0 Å². The smallest absolute Gasteiger partial charge is 0.316 e. The minimum atomic E-state index is -0.0773. The predicted molar refractivity (Wildman–Crippen MR) is 59.8 cm³/mol. The number of carbonyl (C=O) groups excluding carboxylic acids is 1. The van der Waals surface area contributed by atoms with Crippen LogP contribution in [-0.4, -0.2) is 43.1 Å². The van der Waals surface area contributed by atoms with E-state index in [9.17, 15) is 4.79 Å². The molecule has 0 saturated carbocycles. The molecule has 15 heavy (non-hydrogen) atoms. The molecule has 0 atom stereocenters. The molecule has 0 bridgehead atoms. The Bertz CT molecular complexity index is 300. The molecular weight excluding hydrogens is 192 g/mol. The summed E-state index contributed by atoms with van der Waals surface area (Å²) in [6, 6.07) is 3.69. The van der Waals surface area contributed by atoms with Gasteiger partial charge in [-0.15, -0.1) is 0 Å². The van der Waals surface area contributed by atoms with E-state index in [1.54, 1.807) is 26.5 Å². The van der Waals surface area contributed by atoms with Gasteiger partial charge in [-0.25, -0.2) is 4.79 Å². The lowest BCUT2D eigenvalue weighted by molar-refractivity contribution is 0.218. The predicted octanol–water partition coefficient (Wildman–Crippen LogP) is 0.765. The molecular formula is C10H16N4O. The maximum absolute atomic E-state index is 11.1. The highest BCUT2D eigenvalue weighted by molar-refractivity contribution is 5.73. The van der Waals surface area contributed by atoms with Crippen LogP contribution in [0.3, 0.4) is 0 Å². The summed E-state index contributed by atoms with van der Waals surface area (Å²) in [6.07, 6.45) is 3.45. The second-order valence-electron chi connectivity index (χ2n) is 3.29. The van der Waals surface area contributed by atoms with Gasteiger partial charge in [0.1, 0.15) is 0 Å². The first-order chi connectivity index (χ1) is 7.20. The maximum Gasteiger partial charge on any atom is 0.316 e. The van der Waals surface area contributed by atoms with E-state index in [2.05, 4.69) is 15.6 Å². The van der Waals surface area contributed by atoms with Gasteiger partial charge in [0.25, 0.3) is 0 Å². The molecule has 0 aromatic carbocycles. The molecule has 1 rings (SSSR count). The van der Waals surface area contributed by atoms with Crippen molar-refractivity contribution in [3.8, 4) is 0 Å². The first-order valence-electron chi connectivity index (χ1n) is 4.79. The van der Waals surface area contributed by atoms with Crippen molar-refractivity contribution in [2.45, 2.75) is 0 Å². The van der Waals surface area contributed by atoms with E-state index in [0.717, 1.165) is 5.69 Å². The first kappa shape index (κ1) is 11.3. The zero-order chi connectivity index (χ0) is 11.1. The molecule has 0 aliphatic heterocycles. The Morgan fingerprint density at radius 1 is 1.33 bits per heavy atom. The third kappa shape index (κ3) is 4.30. The van der Waals surface area contributed by atoms with Gasteiger partial charge in [-0.3, -0.25) is 4.98 Å². The molecule has 0 spiro atoms. The fraction of sp³-hybridized carbons (Fsp3) is 0.400. The van der Waals surface area contributed by atoms with Crippen molar-refractivity contribution in [3.63, 3.8) is 0 Å². The standard InChI is InChI=1S/C10H16N4O/c1-14(2)10(15)13-8-7-12-9-3-5-11-6-4-9/h3-6H,7-8H2,1-2H3,(H,11,12)(H,13,15). The number of anilines is 1. The summed E-state index contributed by atoms with van der Waals surface area (Å²) in [7, 11) is 3.43. The van der Waals surface area contributed by atoms with Crippen LogP contribution < -0.4 is 10.6 Å². The lowest BCUT2D eigenvalue weighted by atomic mass is 10.4. The van der Waals surface area contributed by atoms with Crippen molar-refractivity contribution in [1.29, 1.82) is 0 Å². The summed E-state index contributed by atoms with van der Waals surface area (Å²) in [6.45, 7) is 1.29. The second-order valence-corrected chi connectivity index (χ2v) is 3.29. The van der Waals surface area contributed by atoms with Crippen LogP contribution in [0, 0.1) is 0 Å². The van der Waals surface area contributed by atoms with E-state index in [4.69, 9.17) is 0 Å². The Balaban J connectivity index is 2.15. The Labute approximate surface area is 89.5 Å². The number of hydrogen-bond acceptors (Lipinski definition) is 3. The van der Waals surface area contributed by atoms with Crippen molar-refractivity contribution >= 4 is 11.7 Å². The summed E-state index contributed by atoms with van der Waals surface area (Å²) >= 11 is 0. The average Bonchev–Trinajstić information content (AvgIpc) is 2.25. The number of rotatable bonds is 4. The number of carbonyl (C=O) groups is 1. The topological polar surface area (TPSA) is 57.3 Å². The van der Waals surface area contributed by atoms with Gasteiger partial charge in [-0.05, 0) is 12.1 Å². The molecule has 0 fully saturated rings. The number of amides is 2. The van der Waals surface area contributed by atoms with Crippen LogP contribution in [0.1, 0.15) is 0 Å². The monoisotopic (exact) mass is 208 g/mol. The van der Waals surface area contributed by atoms with Crippen LogP contribution >= 0.6 is 0 Å². The van der Waals surface area contributed by atoms with Gasteiger partial charge in [0, 0.05) is 45.3 Å². The fourth-order valence-corrected chi connectivity index (χ4v) is 1.00. The normalized spacial score (nSPS) is 9.47. The maximum atomic E-state index is 11.1. The van der Waals surface area contributed by atoms with E-state index < -0.39 is 0 Å².